The molecule has 0 amide bonds. The topological polar surface area (TPSA) is 37.3 Å². The largest absolute Gasteiger partial charge is 0.507 e. The summed E-state index contributed by atoms with van der Waals surface area (Å²) in [6, 6.07) is 3.52. The molecule has 1 aliphatic rings. The fourth-order valence-electron chi connectivity index (χ4n) is 1.44. The number of hydrogen-bond donors (Lipinski definition) is 1. The van der Waals surface area contributed by atoms with E-state index in [0.717, 1.165) is 22.9 Å². The zero-order chi connectivity index (χ0) is 9.42. The summed E-state index contributed by atoms with van der Waals surface area (Å²) in [4.78, 5) is 10.6. The maximum absolute atomic E-state index is 10.6. The fraction of sp³-hybridized carbons (Fsp3) is 0.300. The van der Waals surface area contributed by atoms with Crippen molar-refractivity contribution in [3.63, 3.8) is 0 Å². The molecule has 3 heteroatoms. The van der Waals surface area contributed by atoms with Gasteiger partial charge in [-0.25, -0.2) is 0 Å². The molecule has 2 nitrogen and oxygen atoms in total. The van der Waals surface area contributed by atoms with E-state index in [1.165, 1.54) is 0 Å². The second-order valence-electron chi connectivity index (χ2n) is 3.32. The van der Waals surface area contributed by atoms with Gasteiger partial charge < -0.3 is 5.11 Å². The predicted octanol–water partition coefficient (Wildman–Crippen LogP) is 2.84. The summed E-state index contributed by atoms with van der Waals surface area (Å²) in [5.74, 6) is 0.608. The van der Waals surface area contributed by atoms with Gasteiger partial charge in [0.15, 0.2) is 6.29 Å². The smallest absolute Gasteiger partial charge is 0.153 e. The molecule has 0 bridgehead atoms. The lowest BCUT2D eigenvalue weighted by atomic mass is 10.1. The normalized spacial score (nSPS) is 15.8. The first-order valence-electron chi connectivity index (χ1n) is 4.20. The number of phenols is 1. The van der Waals surface area contributed by atoms with E-state index in [4.69, 9.17) is 0 Å². The monoisotopic (exact) mass is 240 g/mol. The Morgan fingerprint density at radius 1 is 1.46 bits per heavy atom. The van der Waals surface area contributed by atoms with Crippen LogP contribution >= 0.6 is 15.9 Å². The number of aromatic hydroxyl groups is 1. The van der Waals surface area contributed by atoms with Crippen LogP contribution in [0.1, 0.15) is 34.7 Å². The van der Waals surface area contributed by atoms with Gasteiger partial charge in [-0.15, -0.1) is 0 Å². The Labute approximate surface area is 84.7 Å². The first-order chi connectivity index (χ1) is 6.22. The summed E-state index contributed by atoms with van der Waals surface area (Å²) in [5, 5.41) is 9.67. The summed E-state index contributed by atoms with van der Waals surface area (Å²) >= 11 is 3.31. The summed E-state index contributed by atoms with van der Waals surface area (Å²) in [6.45, 7) is 0. The average Bonchev–Trinajstić information content (AvgIpc) is 2.91. The summed E-state index contributed by atoms with van der Waals surface area (Å²) < 4.78 is 0.856. The van der Waals surface area contributed by atoms with Crippen LogP contribution in [-0.4, -0.2) is 11.4 Å². The van der Waals surface area contributed by atoms with Crippen molar-refractivity contribution in [2.24, 2.45) is 0 Å². The summed E-state index contributed by atoms with van der Waals surface area (Å²) in [7, 11) is 0. The predicted molar refractivity (Wildman–Crippen MR) is 53.2 cm³/mol. The van der Waals surface area contributed by atoms with Gasteiger partial charge in [-0.2, -0.15) is 0 Å². The number of benzene rings is 1. The summed E-state index contributed by atoms with van der Waals surface area (Å²) in [5.41, 5.74) is 1.27. The van der Waals surface area contributed by atoms with E-state index in [2.05, 4.69) is 15.9 Å². The minimum absolute atomic E-state index is 0.153. The van der Waals surface area contributed by atoms with E-state index in [1.807, 2.05) is 6.07 Å². The molecule has 1 saturated carbocycles. The van der Waals surface area contributed by atoms with Crippen LogP contribution in [0.15, 0.2) is 16.6 Å². The van der Waals surface area contributed by atoms with Crippen LogP contribution in [0.5, 0.6) is 5.75 Å². The van der Waals surface area contributed by atoms with Gasteiger partial charge in [0.1, 0.15) is 5.75 Å². The van der Waals surface area contributed by atoms with Crippen LogP contribution in [0.3, 0.4) is 0 Å². The second kappa shape index (κ2) is 3.14. The molecule has 0 unspecified atom stereocenters. The van der Waals surface area contributed by atoms with E-state index in [-0.39, 0.29) is 5.75 Å². The second-order valence-corrected chi connectivity index (χ2v) is 4.24. The third-order valence-electron chi connectivity index (χ3n) is 2.28. The van der Waals surface area contributed by atoms with E-state index in [0.29, 0.717) is 17.8 Å². The Bertz CT molecular complexity index is 356. The van der Waals surface area contributed by atoms with Gasteiger partial charge in [0.05, 0.1) is 5.56 Å². The number of rotatable bonds is 2. The van der Waals surface area contributed by atoms with Crippen LogP contribution in [-0.2, 0) is 0 Å². The molecule has 0 radical (unpaired) electrons. The maximum Gasteiger partial charge on any atom is 0.153 e. The van der Waals surface area contributed by atoms with Gasteiger partial charge in [0, 0.05) is 4.47 Å². The van der Waals surface area contributed by atoms with E-state index in [1.54, 1.807) is 6.07 Å². The van der Waals surface area contributed by atoms with Gasteiger partial charge in [0.25, 0.3) is 0 Å². The van der Waals surface area contributed by atoms with Gasteiger partial charge in [-0.1, -0.05) is 15.9 Å². The molecular formula is C10H9BrO2. The highest BCUT2D eigenvalue weighted by molar-refractivity contribution is 9.10. The zero-order valence-corrected chi connectivity index (χ0v) is 8.54. The minimum Gasteiger partial charge on any atom is -0.507 e. The number of hydrogen-bond acceptors (Lipinski definition) is 2. The third-order valence-corrected chi connectivity index (χ3v) is 2.74. The van der Waals surface area contributed by atoms with Crippen LogP contribution < -0.4 is 0 Å². The SMILES string of the molecule is O=Cc1cc(Br)cc(C2CC2)c1O. The van der Waals surface area contributed by atoms with Crippen molar-refractivity contribution in [3.8, 4) is 5.75 Å². The Morgan fingerprint density at radius 3 is 2.69 bits per heavy atom. The first-order valence-corrected chi connectivity index (χ1v) is 4.99. The van der Waals surface area contributed by atoms with Gasteiger partial charge in [-0.3, -0.25) is 4.79 Å². The molecule has 0 spiro atoms. The molecule has 13 heavy (non-hydrogen) atoms. The number of carbonyl (C=O) groups excluding carboxylic acids is 1. The highest BCUT2D eigenvalue weighted by Gasteiger charge is 2.27. The van der Waals surface area contributed by atoms with Crippen LogP contribution in [0.4, 0.5) is 0 Å². The van der Waals surface area contributed by atoms with Crippen molar-refractivity contribution < 1.29 is 9.90 Å². The molecule has 0 heterocycles. The lowest BCUT2D eigenvalue weighted by molar-refractivity contribution is 0.112. The Kier molecular flexibility index (Phi) is 2.12. The average molecular weight is 241 g/mol. The van der Waals surface area contributed by atoms with E-state index < -0.39 is 0 Å². The van der Waals surface area contributed by atoms with Crippen molar-refractivity contribution in [2.75, 3.05) is 0 Å². The highest BCUT2D eigenvalue weighted by atomic mass is 79.9. The first kappa shape index (κ1) is 8.75. The molecule has 2 rings (SSSR count). The lowest BCUT2D eigenvalue weighted by Gasteiger charge is -2.05. The number of phenolic OH excluding ortho intramolecular Hbond substituents is 1. The van der Waals surface area contributed by atoms with Crippen LogP contribution in [0.2, 0.25) is 0 Å². The Balaban J connectivity index is 2.53. The fourth-order valence-corrected chi connectivity index (χ4v) is 1.93. The molecule has 1 aromatic rings. The molecule has 1 N–H and O–H groups in total. The Morgan fingerprint density at radius 2 is 2.15 bits per heavy atom. The number of aldehydes is 1. The molecule has 1 aromatic carbocycles. The molecule has 0 atom stereocenters. The molecule has 1 aliphatic carbocycles. The molecular weight excluding hydrogens is 232 g/mol. The maximum atomic E-state index is 10.6. The zero-order valence-electron chi connectivity index (χ0n) is 6.96. The third kappa shape index (κ3) is 1.61. The Hall–Kier alpha value is -0.830. The standard InChI is InChI=1S/C10H9BrO2/c11-8-3-7(5-12)10(13)9(4-8)6-1-2-6/h3-6,13H,1-2H2. The van der Waals surface area contributed by atoms with Crippen molar-refractivity contribution >= 4 is 22.2 Å². The summed E-state index contributed by atoms with van der Waals surface area (Å²) in [6.07, 6.45) is 2.91. The van der Waals surface area contributed by atoms with Crippen LogP contribution in [0, 0.1) is 0 Å². The quantitative estimate of drug-likeness (QED) is 0.808. The lowest BCUT2D eigenvalue weighted by Crippen LogP contribution is -1.88. The van der Waals surface area contributed by atoms with Gasteiger partial charge in [0.2, 0.25) is 0 Å². The van der Waals surface area contributed by atoms with E-state index >= 15 is 0 Å². The molecule has 68 valence electrons. The molecule has 0 saturated heterocycles. The van der Waals surface area contributed by atoms with Crippen molar-refractivity contribution in [3.05, 3.63) is 27.7 Å². The molecule has 0 aromatic heterocycles. The minimum atomic E-state index is 0.153. The molecule has 1 fully saturated rings. The number of carbonyl (C=O) groups is 1. The van der Waals surface area contributed by atoms with Gasteiger partial charge >= 0.3 is 0 Å². The van der Waals surface area contributed by atoms with Crippen molar-refractivity contribution in [1.82, 2.24) is 0 Å². The highest BCUT2D eigenvalue weighted by Crippen LogP contribution is 2.45. The van der Waals surface area contributed by atoms with Crippen LogP contribution in [0.25, 0.3) is 0 Å². The van der Waals surface area contributed by atoms with Gasteiger partial charge in [-0.05, 0) is 36.5 Å². The number of halogens is 1. The van der Waals surface area contributed by atoms with Crippen molar-refractivity contribution in [1.29, 1.82) is 0 Å². The molecule has 0 aliphatic heterocycles. The van der Waals surface area contributed by atoms with Crippen molar-refractivity contribution in [2.45, 2.75) is 18.8 Å². The van der Waals surface area contributed by atoms with E-state index in [9.17, 15) is 9.90 Å².